The highest BCUT2D eigenvalue weighted by molar-refractivity contribution is 7.84. The molecule has 0 fully saturated rings. The third kappa shape index (κ3) is 4.42. The van der Waals surface area contributed by atoms with E-state index in [4.69, 9.17) is 0 Å². The number of benzene rings is 2. The summed E-state index contributed by atoms with van der Waals surface area (Å²) in [5.74, 6) is -0.151. The second kappa shape index (κ2) is 7.90. The molecule has 1 N–H and O–H groups in total. The quantitative estimate of drug-likeness (QED) is 0.741. The SMILES string of the molecule is CS(=O)c1ccc(C(=O)NCc2ccccc2Cn2cccn2)cc1. The monoisotopic (exact) mass is 353 g/mol. The van der Waals surface area contributed by atoms with Gasteiger partial charge in [0.2, 0.25) is 0 Å². The van der Waals surface area contributed by atoms with Gasteiger partial charge in [-0.05, 0) is 41.5 Å². The maximum Gasteiger partial charge on any atom is 0.251 e. The van der Waals surface area contributed by atoms with E-state index in [9.17, 15) is 9.00 Å². The molecule has 5 nitrogen and oxygen atoms in total. The number of carbonyl (C=O) groups is 1. The van der Waals surface area contributed by atoms with Crippen molar-refractivity contribution in [2.75, 3.05) is 6.26 Å². The fraction of sp³-hybridized carbons (Fsp3) is 0.158. The van der Waals surface area contributed by atoms with E-state index in [0.29, 0.717) is 23.5 Å². The fourth-order valence-electron chi connectivity index (χ4n) is 2.53. The lowest BCUT2D eigenvalue weighted by atomic mass is 10.1. The molecule has 6 heteroatoms. The van der Waals surface area contributed by atoms with Crippen LogP contribution in [0.5, 0.6) is 0 Å². The molecule has 1 amide bonds. The van der Waals surface area contributed by atoms with E-state index < -0.39 is 10.8 Å². The van der Waals surface area contributed by atoms with Crippen LogP contribution in [-0.2, 0) is 23.9 Å². The van der Waals surface area contributed by atoms with E-state index in [-0.39, 0.29) is 5.91 Å². The minimum absolute atomic E-state index is 0.151. The van der Waals surface area contributed by atoms with Gasteiger partial charge in [-0.1, -0.05) is 24.3 Å². The van der Waals surface area contributed by atoms with Gasteiger partial charge in [-0.25, -0.2) is 0 Å². The van der Waals surface area contributed by atoms with Gasteiger partial charge >= 0.3 is 0 Å². The van der Waals surface area contributed by atoms with Crippen LogP contribution in [0.3, 0.4) is 0 Å². The van der Waals surface area contributed by atoms with Crippen molar-refractivity contribution in [2.45, 2.75) is 18.0 Å². The molecule has 2 aromatic carbocycles. The zero-order chi connectivity index (χ0) is 17.6. The topological polar surface area (TPSA) is 64.0 Å². The van der Waals surface area contributed by atoms with Gasteiger partial charge in [0.05, 0.1) is 6.54 Å². The molecule has 0 spiro atoms. The molecule has 1 unspecified atom stereocenters. The molecule has 25 heavy (non-hydrogen) atoms. The molecule has 0 saturated carbocycles. The van der Waals surface area contributed by atoms with Crippen molar-refractivity contribution in [3.8, 4) is 0 Å². The predicted molar refractivity (Wildman–Crippen MR) is 97.7 cm³/mol. The fourth-order valence-corrected chi connectivity index (χ4v) is 3.05. The Morgan fingerprint density at radius 1 is 1.08 bits per heavy atom. The lowest BCUT2D eigenvalue weighted by Gasteiger charge is -2.11. The molecule has 0 saturated heterocycles. The van der Waals surface area contributed by atoms with Gasteiger partial charge in [-0.15, -0.1) is 0 Å². The molecule has 0 aliphatic heterocycles. The van der Waals surface area contributed by atoms with E-state index in [1.165, 1.54) is 0 Å². The highest BCUT2D eigenvalue weighted by Crippen LogP contribution is 2.12. The number of rotatable bonds is 6. The van der Waals surface area contributed by atoms with Crippen LogP contribution in [0.2, 0.25) is 0 Å². The van der Waals surface area contributed by atoms with E-state index in [2.05, 4.69) is 10.4 Å². The second-order valence-electron chi connectivity index (χ2n) is 5.63. The third-order valence-corrected chi connectivity index (χ3v) is 4.83. The van der Waals surface area contributed by atoms with Gasteiger partial charge in [0.25, 0.3) is 5.91 Å². The van der Waals surface area contributed by atoms with Gasteiger partial charge in [0.15, 0.2) is 0 Å². The summed E-state index contributed by atoms with van der Waals surface area (Å²) in [6, 6.07) is 16.7. The standard InChI is InChI=1S/C19H19N3O2S/c1-25(24)18-9-7-15(8-10-18)19(23)20-13-16-5-2-3-6-17(16)14-22-12-4-11-21-22/h2-12H,13-14H2,1H3,(H,20,23). The molecule has 1 heterocycles. The molecule has 0 radical (unpaired) electrons. The van der Waals surface area contributed by atoms with Crippen molar-refractivity contribution in [3.05, 3.63) is 83.7 Å². The average molecular weight is 353 g/mol. The lowest BCUT2D eigenvalue weighted by Crippen LogP contribution is -2.23. The Morgan fingerprint density at radius 3 is 2.44 bits per heavy atom. The zero-order valence-electron chi connectivity index (χ0n) is 13.9. The van der Waals surface area contributed by atoms with E-state index >= 15 is 0 Å². The Morgan fingerprint density at radius 2 is 1.80 bits per heavy atom. The highest BCUT2D eigenvalue weighted by atomic mass is 32.2. The third-order valence-electron chi connectivity index (χ3n) is 3.90. The summed E-state index contributed by atoms with van der Waals surface area (Å²) in [5, 5.41) is 7.16. The first-order valence-corrected chi connectivity index (χ1v) is 9.45. The Kier molecular flexibility index (Phi) is 5.40. The van der Waals surface area contributed by atoms with Gasteiger partial charge in [0.1, 0.15) is 0 Å². The molecule has 1 aromatic heterocycles. The lowest BCUT2D eigenvalue weighted by molar-refractivity contribution is 0.0950. The smallest absolute Gasteiger partial charge is 0.251 e. The van der Waals surface area contributed by atoms with Gasteiger partial charge in [-0.2, -0.15) is 5.10 Å². The number of aromatic nitrogens is 2. The first kappa shape index (κ1) is 17.1. The molecule has 128 valence electrons. The molecule has 0 bridgehead atoms. The molecular weight excluding hydrogens is 334 g/mol. The van der Waals surface area contributed by atoms with Crippen molar-refractivity contribution in [3.63, 3.8) is 0 Å². The van der Waals surface area contributed by atoms with Crippen molar-refractivity contribution in [2.24, 2.45) is 0 Å². The van der Waals surface area contributed by atoms with E-state index in [1.54, 1.807) is 36.7 Å². The Hall–Kier alpha value is -2.73. The van der Waals surface area contributed by atoms with Crippen LogP contribution < -0.4 is 5.32 Å². The first-order valence-electron chi connectivity index (χ1n) is 7.89. The summed E-state index contributed by atoms with van der Waals surface area (Å²) in [6.07, 6.45) is 5.28. The van der Waals surface area contributed by atoms with Crippen LogP contribution in [-0.4, -0.2) is 26.2 Å². The molecule has 0 aliphatic carbocycles. The van der Waals surface area contributed by atoms with E-state index in [1.807, 2.05) is 41.2 Å². The van der Waals surface area contributed by atoms with Crippen LogP contribution in [0.15, 0.2) is 71.9 Å². The summed E-state index contributed by atoms with van der Waals surface area (Å²) in [6.45, 7) is 1.10. The predicted octanol–water partition coefficient (Wildman–Crippen LogP) is 2.60. The van der Waals surface area contributed by atoms with Crippen LogP contribution >= 0.6 is 0 Å². The molecule has 1 atom stereocenters. The summed E-state index contributed by atoms with van der Waals surface area (Å²) in [7, 11) is -1.04. The molecule has 0 aliphatic rings. The molecule has 3 rings (SSSR count). The Bertz CT molecular complexity index is 874. The Labute approximate surface area is 149 Å². The minimum atomic E-state index is -1.04. The van der Waals surface area contributed by atoms with Crippen molar-refractivity contribution in [1.82, 2.24) is 15.1 Å². The maximum atomic E-state index is 12.3. The van der Waals surface area contributed by atoms with Gasteiger partial charge < -0.3 is 5.32 Å². The zero-order valence-corrected chi connectivity index (χ0v) is 14.7. The van der Waals surface area contributed by atoms with Gasteiger partial charge in [0, 0.05) is 46.5 Å². The summed E-state index contributed by atoms with van der Waals surface area (Å²) in [5.41, 5.74) is 2.72. The van der Waals surface area contributed by atoms with E-state index in [0.717, 1.165) is 11.1 Å². The van der Waals surface area contributed by atoms with Crippen LogP contribution in [0.4, 0.5) is 0 Å². The summed E-state index contributed by atoms with van der Waals surface area (Å²) in [4.78, 5) is 13.0. The first-order chi connectivity index (χ1) is 12.1. The largest absolute Gasteiger partial charge is 0.348 e. The molecule has 3 aromatic rings. The second-order valence-corrected chi connectivity index (χ2v) is 7.01. The molecular formula is C19H19N3O2S. The van der Waals surface area contributed by atoms with Crippen LogP contribution in [0, 0.1) is 0 Å². The summed E-state index contributed by atoms with van der Waals surface area (Å²) >= 11 is 0. The van der Waals surface area contributed by atoms with Crippen molar-refractivity contribution >= 4 is 16.7 Å². The summed E-state index contributed by atoms with van der Waals surface area (Å²) < 4.78 is 13.3. The number of carbonyl (C=O) groups excluding carboxylic acids is 1. The normalized spacial score (nSPS) is 11.9. The van der Waals surface area contributed by atoms with Gasteiger partial charge in [-0.3, -0.25) is 13.7 Å². The number of nitrogens with one attached hydrogen (secondary N) is 1. The highest BCUT2D eigenvalue weighted by Gasteiger charge is 2.08. The maximum absolute atomic E-state index is 12.3. The number of nitrogens with zero attached hydrogens (tertiary/aromatic N) is 2. The number of amides is 1. The van der Waals surface area contributed by atoms with Crippen LogP contribution in [0.1, 0.15) is 21.5 Å². The van der Waals surface area contributed by atoms with Crippen molar-refractivity contribution < 1.29 is 9.00 Å². The number of hydrogen-bond acceptors (Lipinski definition) is 3. The Balaban J connectivity index is 1.67. The minimum Gasteiger partial charge on any atom is -0.348 e. The number of hydrogen-bond donors (Lipinski definition) is 1. The average Bonchev–Trinajstić information content (AvgIpc) is 3.14. The van der Waals surface area contributed by atoms with Crippen LogP contribution in [0.25, 0.3) is 0 Å². The van der Waals surface area contributed by atoms with Crippen molar-refractivity contribution in [1.29, 1.82) is 0 Å².